The Balaban J connectivity index is 1.57. The Kier molecular flexibility index (Phi) is 6.73. The van der Waals surface area contributed by atoms with Crippen molar-refractivity contribution in [2.75, 3.05) is 23.5 Å². The average molecular weight is 432 g/mol. The Morgan fingerprint density at radius 3 is 2.48 bits per heavy atom. The molecule has 8 nitrogen and oxygen atoms in total. The van der Waals surface area contributed by atoms with Gasteiger partial charge in [-0.1, -0.05) is 23.4 Å². The van der Waals surface area contributed by atoms with Gasteiger partial charge in [-0.2, -0.15) is 0 Å². The summed E-state index contributed by atoms with van der Waals surface area (Å²) in [6, 6.07) is 13.5. The molecule has 3 rings (SSSR count). The number of hydrogen-bond acceptors (Lipinski definition) is 7. The molecule has 0 atom stereocenters. The Hall–Kier alpha value is -3.04. The van der Waals surface area contributed by atoms with E-state index in [0.29, 0.717) is 33.9 Å². The summed E-state index contributed by atoms with van der Waals surface area (Å²) < 4.78 is 6.25. The van der Waals surface area contributed by atoms with Crippen LogP contribution in [0.3, 0.4) is 0 Å². The lowest BCUT2D eigenvalue weighted by molar-refractivity contribution is -0.113. The van der Waals surface area contributed by atoms with E-state index < -0.39 is 5.97 Å². The second-order valence-corrected chi connectivity index (χ2v) is 7.20. The van der Waals surface area contributed by atoms with Gasteiger partial charge in [-0.05, 0) is 55.5 Å². The van der Waals surface area contributed by atoms with Crippen LogP contribution < -0.4 is 11.2 Å². The molecule has 0 aliphatic rings. The highest BCUT2D eigenvalue weighted by Gasteiger charge is 2.14. The molecule has 0 aliphatic carbocycles. The van der Waals surface area contributed by atoms with Crippen molar-refractivity contribution in [2.45, 2.75) is 12.1 Å². The highest BCUT2D eigenvalue weighted by molar-refractivity contribution is 7.99. The van der Waals surface area contributed by atoms with E-state index in [1.165, 1.54) is 4.68 Å². The zero-order valence-electron chi connectivity index (χ0n) is 15.5. The number of benzene rings is 2. The van der Waals surface area contributed by atoms with Crippen LogP contribution in [0.25, 0.3) is 11.4 Å². The molecule has 3 N–H and O–H groups in total. The zero-order valence-corrected chi connectivity index (χ0v) is 17.0. The van der Waals surface area contributed by atoms with Crippen LogP contribution in [0.5, 0.6) is 0 Å². The summed E-state index contributed by atoms with van der Waals surface area (Å²) in [5.41, 5.74) is 1.76. The van der Waals surface area contributed by atoms with E-state index in [-0.39, 0.29) is 11.7 Å². The van der Waals surface area contributed by atoms with Crippen LogP contribution in [0.2, 0.25) is 5.02 Å². The Bertz CT molecular complexity index is 1010. The number of carbonyl (C=O) groups excluding carboxylic acids is 2. The molecule has 0 aliphatic heterocycles. The summed E-state index contributed by atoms with van der Waals surface area (Å²) in [6.07, 6.45) is 0. The molecule has 3 aromatic rings. The first kappa shape index (κ1) is 20.7. The molecule has 0 spiro atoms. The number of rotatable bonds is 7. The fraction of sp³-hybridized carbons (Fsp3) is 0.158. The fourth-order valence-electron chi connectivity index (χ4n) is 2.40. The smallest absolute Gasteiger partial charge is 0.338 e. The molecule has 150 valence electrons. The van der Waals surface area contributed by atoms with Crippen molar-refractivity contribution in [1.82, 2.24) is 14.9 Å². The molecular formula is C19H18ClN5O3S. The van der Waals surface area contributed by atoms with Gasteiger partial charge in [0.2, 0.25) is 11.1 Å². The number of nitrogens with two attached hydrogens (primary N) is 1. The van der Waals surface area contributed by atoms with E-state index in [9.17, 15) is 9.59 Å². The lowest BCUT2D eigenvalue weighted by Gasteiger charge is -2.07. The van der Waals surface area contributed by atoms with Gasteiger partial charge in [-0.15, -0.1) is 10.2 Å². The number of amides is 1. The maximum atomic E-state index is 12.2. The molecular weight excluding hydrogens is 414 g/mol. The van der Waals surface area contributed by atoms with Crippen molar-refractivity contribution in [3.05, 3.63) is 59.1 Å². The highest BCUT2D eigenvalue weighted by Crippen LogP contribution is 2.23. The van der Waals surface area contributed by atoms with Gasteiger partial charge < -0.3 is 15.9 Å². The van der Waals surface area contributed by atoms with Gasteiger partial charge in [0.05, 0.1) is 17.9 Å². The van der Waals surface area contributed by atoms with Gasteiger partial charge in [0, 0.05) is 16.3 Å². The topological polar surface area (TPSA) is 112 Å². The highest BCUT2D eigenvalue weighted by atomic mass is 35.5. The Morgan fingerprint density at radius 1 is 1.14 bits per heavy atom. The summed E-state index contributed by atoms with van der Waals surface area (Å²) in [4.78, 5) is 23.8. The van der Waals surface area contributed by atoms with Crippen molar-refractivity contribution < 1.29 is 14.3 Å². The fourth-order valence-corrected chi connectivity index (χ4v) is 3.18. The number of anilines is 1. The van der Waals surface area contributed by atoms with Crippen molar-refractivity contribution in [2.24, 2.45) is 0 Å². The molecule has 10 heteroatoms. The van der Waals surface area contributed by atoms with Crippen LogP contribution in [-0.4, -0.2) is 39.1 Å². The predicted octanol–water partition coefficient (Wildman–Crippen LogP) is 3.22. The number of nitrogen functional groups attached to an aromatic ring is 1. The summed E-state index contributed by atoms with van der Waals surface area (Å²) >= 11 is 7.05. The quantitative estimate of drug-likeness (QED) is 0.335. The lowest BCUT2D eigenvalue weighted by atomic mass is 10.2. The van der Waals surface area contributed by atoms with Crippen LogP contribution in [0.4, 0.5) is 5.69 Å². The van der Waals surface area contributed by atoms with Crippen molar-refractivity contribution in [3.8, 4) is 11.4 Å². The molecule has 0 radical (unpaired) electrons. The second-order valence-electron chi connectivity index (χ2n) is 5.82. The molecule has 0 unspecified atom stereocenters. The number of esters is 1. The SMILES string of the molecule is CCOC(=O)c1ccc(NC(=O)CSc2nnc(-c3ccc(Cl)cc3)n2N)cc1. The maximum absolute atomic E-state index is 12.2. The summed E-state index contributed by atoms with van der Waals surface area (Å²) in [5, 5.41) is 11.9. The van der Waals surface area contributed by atoms with E-state index in [1.807, 2.05) is 0 Å². The normalized spacial score (nSPS) is 10.6. The van der Waals surface area contributed by atoms with Gasteiger partial charge in [0.25, 0.3) is 0 Å². The number of hydrogen-bond donors (Lipinski definition) is 2. The molecule has 0 bridgehead atoms. The third-order valence-electron chi connectivity index (χ3n) is 3.78. The Morgan fingerprint density at radius 2 is 1.83 bits per heavy atom. The minimum absolute atomic E-state index is 0.0928. The van der Waals surface area contributed by atoms with Crippen molar-refractivity contribution >= 4 is 40.9 Å². The third-order valence-corrected chi connectivity index (χ3v) is 4.97. The maximum Gasteiger partial charge on any atom is 0.338 e. The van der Waals surface area contributed by atoms with Gasteiger partial charge in [-0.25, -0.2) is 9.47 Å². The van der Waals surface area contributed by atoms with Gasteiger partial charge in [0.1, 0.15) is 0 Å². The van der Waals surface area contributed by atoms with Crippen LogP contribution in [0, 0.1) is 0 Å². The monoisotopic (exact) mass is 431 g/mol. The van der Waals surface area contributed by atoms with Gasteiger partial charge >= 0.3 is 5.97 Å². The third kappa shape index (κ3) is 5.27. The molecule has 0 saturated carbocycles. The van der Waals surface area contributed by atoms with Crippen molar-refractivity contribution in [3.63, 3.8) is 0 Å². The number of ether oxygens (including phenoxy) is 1. The number of nitrogens with one attached hydrogen (secondary N) is 1. The summed E-state index contributed by atoms with van der Waals surface area (Å²) in [5.74, 6) is 5.96. The first-order chi connectivity index (χ1) is 14.0. The van der Waals surface area contributed by atoms with Crippen LogP contribution in [0.15, 0.2) is 53.7 Å². The van der Waals surface area contributed by atoms with Crippen LogP contribution in [-0.2, 0) is 9.53 Å². The summed E-state index contributed by atoms with van der Waals surface area (Å²) in [6.45, 7) is 2.05. The Labute approximate surface area is 176 Å². The van der Waals surface area contributed by atoms with E-state index in [2.05, 4.69) is 15.5 Å². The lowest BCUT2D eigenvalue weighted by Crippen LogP contribution is -2.16. The number of carbonyl (C=O) groups is 2. The van der Waals surface area contributed by atoms with Gasteiger partial charge in [-0.3, -0.25) is 4.79 Å². The molecule has 29 heavy (non-hydrogen) atoms. The van der Waals surface area contributed by atoms with Crippen molar-refractivity contribution in [1.29, 1.82) is 0 Å². The number of thioether (sulfide) groups is 1. The predicted molar refractivity (Wildman–Crippen MR) is 112 cm³/mol. The number of halogens is 1. The average Bonchev–Trinajstić information content (AvgIpc) is 3.08. The number of aromatic nitrogens is 3. The molecule has 1 amide bonds. The van der Waals surface area contributed by atoms with E-state index in [0.717, 1.165) is 17.3 Å². The minimum atomic E-state index is -0.403. The molecule has 1 heterocycles. The van der Waals surface area contributed by atoms with Crippen LogP contribution >= 0.6 is 23.4 Å². The largest absolute Gasteiger partial charge is 0.462 e. The molecule has 1 aromatic heterocycles. The summed E-state index contributed by atoms with van der Waals surface area (Å²) in [7, 11) is 0. The number of nitrogens with zero attached hydrogens (tertiary/aromatic N) is 3. The second kappa shape index (κ2) is 9.44. The molecule has 0 fully saturated rings. The standard InChI is InChI=1S/C19H18ClN5O3S/c1-2-28-18(27)13-5-9-15(10-6-13)22-16(26)11-29-19-24-23-17(25(19)21)12-3-7-14(20)8-4-12/h3-10H,2,11,21H2,1H3,(H,22,26). The van der Waals surface area contributed by atoms with E-state index >= 15 is 0 Å². The molecule has 2 aromatic carbocycles. The first-order valence-electron chi connectivity index (χ1n) is 8.64. The van der Waals surface area contributed by atoms with Gasteiger partial charge in [0.15, 0.2) is 5.82 Å². The zero-order chi connectivity index (χ0) is 20.8. The first-order valence-corrected chi connectivity index (χ1v) is 10.0. The molecule has 0 saturated heterocycles. The minimum Gasteiger partial charge on any atom is -0.462 e. The van der Waals surface area contributed by atoms with E-state index in [1.54, 1.807) is 55.5 Å². The van der Waals surface area contributed by atoms with Crippen LogP contribution in [0.1, 0.15) is 17.3 Å². The van der Waals surface area contributed by atoms with E-state index in [4.69, 9.17) is 22.2 Å².